The summed E-state index contributed by atoms with van der Waals surface area (Å²) >= 11 is 0. The summed E-state index contributed by atoms with van der Waals surface area (Å²) < 4.78 is 7.23. The average Bonchev–Trinajstić information content (AvgIpc) is 3.27. The summed E-state index contributed by atoms with van der Waals surface area (Å²) in [5.41, 5.74) is 3.00. The lowest BCUT2D eigenvalue weighted by Gasteiger charge is -2.28. The Balaban J connectivity index is 1.35. The summed E-state index contributed by atoms with van der Waals surface area (Å²) in [6.07, 6.45) is 5.34. The number of likely N-dealkylation sites (tertiary alicyclic amines) is 1. The standard InChI is InChI=1S/C19H23N5O3/c1-13-4-2-7-24-10-14(21-18(13)24)9-20-19(26)17-8-16(27-22-17)12-23-6-3-5-15(25)11-23/h2,4,7-8,10,15,25H,3,5-6,9,11-12H2,1H3,(H,20,26)/t15-/m1/s1. The molecule has 8 nitrogen and oxygen atoms in total. The first-order chi connectivity index (χ1) is 13.1. The van der Waals surface area contributed by atoms with Gasteiger partial charge in [-0.05, 0) is 37.9 Å². The summed E-state index contributed by atoms with van der Waals surface area (Å²) in [5.74, 6) is 0.329. The predicted octanol–water partition coefficient (Wildman–Crippen LogP) is 1.52. The van der Waals surface area contributed by atoms with Crippen molar-refractivity contribution in [3.8, 4) is 0 Å². The number of piperidine rings is 1. The zero-order chi connectivity index (χ0) is 18.8. The van der Waals surface area contributed by atoms with E-state index in [0.29, 0.717) is 25.4 Å². The number of rotatable bonds is 5. The smallest absolute Gasteiger partial charge is 0.273 e. The third-order valence-corrected chi connectivity index (χ3v) is 4.81. The van der Waals surface area contributed by atoms with Gasteiger partial charge in [0, 0.05) is 25.0 Å². The van der Waals surface area contributed by atoms with Gasteiger partial charge in [0.25, 0.3) is 5.91 Å². The highest BCUT2D eigenvalue weighted by molar-refractivity contribution is 5.92. The molecule has 4 rings (SSSR count). The van der Waals surface area contributed by atoms with Gasteiger partial charge in [-0.3, -0.25) is 9.69 Å². The number of nitrogens with one attached hydrogen (secondary N) is 1. The van der Waals surface area contributed by atoms with Crippen molar-refractivity contribution >= 4 is 11.6 Å². The van der Waals surface area contributed by atoms with Crippen LogP contribution in [-0.4, -0.2) is 49.6 Å². The molecule has 0 saturated carbocycles. The van der Waals surface area contributed by atoms with Crippen LogP contribution in [0.15, 0.2) is 35.1 Å². The Morgan fingerprint density at radius 1 is 1.48 bits per heavy atom. The van der Waals surface area contributed by atoms with Crippen LogP contribution in [0.1, 0.15) is 40.3 Å². The lowest BCUT2D eigenvalue weighted by molar-refractivity contribution is 0.0622. The van der Waals surface area contributed by atoms with Crippen molar-refractivity contribution in [2.24, 2.45) is 0 Å². The second kappa shape index (κ2) is 7.50. The predicted molar refractivity (Wildman–Crippen MR) is 98.1 cm³/mol. The van der Waals surface area contributed by atoms with Crippen LogP contribution < -0.4 is 5.32 Å². The number of aliphatic hydroxyl groups excluding tert-OH is 1. The Labute approximate surface area is 156 Å². The lowest BCUT2D eigenvalue weighted by atomic mass is 10.1. The van der Waals surface area contributed by atoms with E-state index in [1.165, 1.54) is 0 Å². The topological polar surface area (TPSA) is 95.9 Å². The number of aliphatic hydroxyl groups is 1. The van der Waals surface area contributed by atoms with Crippen LogP contribution in [0.25, 0.3) is 5.65 Å². The Kier molecular flexibility index (Phi) is 4.91. The fourth-order valence-corrected chi connectivity index (χ4v) is 3.44. The molecule has 1 aliphatic heterocycles. The van der Waals surface area contributed by atoms with Crippen LogP contribution in [0.3, 0.4) is 0 Å². The quantitative estimate of drug-likeness (QED) is 0.708. The molecule has 1 amide bonds. The summed E-state index contributed by atoms with van der Waals surface area (Å²) in [4.78, 5) is 19.0. The summed E-state index contributed by atoms with van der Waals surface area (Å²) in [7, 11) is 0. The molecule has 0 aliphatic carbocycles. The minimum absolute atomic E-state index is 0.252. The van der Waals surface area contributed by atoms with Crippen LogP contribution in [0.2, 0.25) is 0 Å². The number of carbonyl (C=O) groups is 1. The number of β-amino-alcohol motifs (C(OH)–C–C–N with tert-alkyl or cyclic N) is 1. The molecule has 3 aromatic heterocycles. The van der Waals surface area contributed by atoms with Crippen LogP contribution >= 0.6 is 0 Å². The van der Waals surface area contributed by atoms with Crippen LogP contribution in [0.5, 0.6) is 0 Å². The molecule has 1 fully saturated rings. The van der Waals surface area contributed by atoms with Gasteiger partial charge in [0.05, 0.1) is 24.9 Å². The van der Waals surface area contributed by atoms with Gasteiger partial charge in [-0.15, -0.1) is 0 Å². The summed E-state index contributed by atoms with van der Waals surface area (Å²) in [6.45, 7) is 4.40. The SMILES string of the molecule is Cc1cccn2cc(CNC(=O)c3cc(CN4CCC[C@@H](O)C4)on3)nc12. The number of hydrogen-bond acceptors (Lipinski definition) is 6. The van der Waals surface area contributed by atoms with E-state index >= 15 is 0 Å². The van der Waals surface area contributed by atoms with Gasteiger partial charge in [0.1, 0.15) is 5.65 Å². The average molecular weight is 369 g/mol. The summed E-state index contributed by atoms with van der Waals surface area (Å²) in [5, 5.41) is 16.4. The first kappa shape index (κ1) is 17.7. The van der Waals surface area contributed by atoms with E-state index in [1.54, 1.807) is 6.07 Å². The highest BCUT2D eigenvalue weighted by Crippen LogP contribution is 2.15. The van der Waals surface area contributed by atoms with Gasteiger partial charge >= 0.3 is 0 Å². The third-order valence-electron chi connectivity index (χ3n) is 4.81. The van der Waals surface area contributed by atoms with Gasteiger partial charge in [-0.2, -0.15) is 0 Å². The molecule has 27 heavy (non-hydrogen) atoms. The number of aromatic nitrogens is 3. The Hall–Kier alpha value is -2.71. The first-order valence-corrected chi connectivity index (χ1v) is 9.16. The van der Waals surface area contributed by atoms with E-state index in [-0.39, 0.29) is 17.7 Å². The van der Waals surface area contributed by atoms with Crippen molar-refractivity contribution in [2.75, 3.05) is 13.1 Å². The number of fused-ring (bicyclic) bond motifs is 1. The Bertz CT molecular complexity index is 948. The van der Waals surface area contributed by atoms with Gasteiger partial charge in [0.15, 0.2) is 11.5 Å². The number of pyridine rings is 1. The van der Waals surface area contributed by atoms with Gasteiger partial charge in [-0.25, -0.2) is 4.98 Å². The molecule has 0 spiro atoms. The van der Waals surface area contributed by atoms with Crippen LogP contribution in [-0.2, 0) is 13.1 Å². The fourth-order valence-electron chi connectivity index (χ4n) is 3.44. The first-order valence-electron chi connectivity index (χ1n) is 9.16. The molecule has 0 radical (unpaired) electrons. The van der Waals surface area contributed by atoms with Crippen molar-refractivity contribution in [3.05, 3.63) is 53.3 Å². The molecule has 0 bridgehead atoms. The van der Waals surface area contributed by atoms with Crippen molar-refractivity contribution < 1.29 is 14.4 Å². The molecule has 8 heteroatoms. The molecule has 1 aliphatic rings. The molecular formula is C19H23N5O3. The minimum Gasteiger partial charge on any atom is -0.392 e. The van der Waals surface area contributed by atoms with Crippen molar-refractivity contribution in [2.45, 2.75) is 39.0 Å². The second-order valence-electron chi connectivity index (χ2n) is 7.05. The second-order valence-corrected chi connectivity index (χ2v) is 7.05. The van der Waals surface area contributed by atoms with E-state index in [2.05, 4.69) is 20.4 Å². The number of hydrogen-bond donors (Lipinski definition) is 2. The molecule has 3 aromatic rings. The molecule has 1 atom stereocenters. The van der Waals surface area contributed by atoms with Crippen LogP contribution in [0.4, 0.5) is 0 Å². The Morgan fingerprint density at radius 2 is 2.37 bits per heavy atom. The molecule has 1 saturated heterocycles. The zero-order valence-corrected chi connectivity index (χ0v) is 15.3. The van der Waals surface area contributed by atoms with Crippen molar-refractivity contribution in [1.82, 2.24) is 24.8 Å². The number of amides is 1. The monoisotopic (exact) mass is 369 g/mol. The maximum Gasteiger partial charge on any atom is 0.273 e. The highest BCUT2D eigenvalue weighted by atomic mass is 16.5. The van der Waals surface area contributed by atoms with Crippen molar-refractivity contribution in [1.29, 1.82) is 0 Å². The number of imidazole rings is 1. The van der Waals surface area contributed by atoms with E-state index < -0.39 is 0 Å². The van der Waals surface area contributed by atoms with Gasteiger partial charge in [-0.1, -0.05) is 11.2 Å². The highest BCUT2D eigenvalue weighted by Gasteiger charge is 2.20. The van der Waals surface area contributed by atoms with E-state index in [9.17, 15) is 9.90 Å². The van der Waals surface area contributed by atoms with E-state index in [0.717, 1.165) is 36.3 Å². The van der Waals surface area contributed by atoms with Crippen molar-refractivity contribution in [3.63, 3.8) is 0 Å². The fraction of sp³-hybridized carbons (Fsp3) is 0.421. The lowest BCUT2D eigenvalue weighted by Crippen LogP contribution is -2.37. The third kappa shape index (κ3) is 4.01. The normalized spacial score (nSPS) is 18.1. The molecule has 142 valence electrons. The van der Waals surface area contributed by atoms with E-state index in [4.69, 9.17) is 4.52 Å². The minimum atomic E-state index is -0.294. The zero-order valence-electron chi connectivity index (χ0n) is 15.3. The maximum atomic E-state index is 12.3. The van der Waals surface area contributed by atoms with Gasteiger partial charge < -0.3 is 19.3 Å². The summed E-state index contributed by atoms with van der Waals surface area (Å²) in [6, 6.07) is 5.62. The maximum absolute atomic E-state index is 12.3. The number of carbonyl (C=O) groups excluding carboxylic acids is 1. The number of aryl methyl sites for hydroxylation is 1. The number of nitrogens with zero attached hydrogens (tertiary/aromatic N) is 4. The molecule has 0 aromatic carbocycles. The Morgan fingerprint density at radius 3 is 3.19 bits per heavy atom. The molecule has 0 unspecified atom stereocenters. The van der Waals surface area contributed by atoms with E-state index in [1.807, 2.05) is 35.9 Å². The molecule has 4 heterocycles. The van der Waals surface area contributed by atoms with Crippen LogP contribution in [0, 0.1) is 6.92 Å². The molecular weight excluding hydrogens is 346 g/mol. The van der Waals surface area contributed by atoms with Gasteiger partial charge in [0.2, 0.25) is 0 Å². The largest absolute Gasteiger partial charge is 0.392 e. The molecule has 2 N–H and O–H groups in total.